The summed E-state index contributed by atoms with van der Waals surface area (Å²) in [6.07, 6.45) is 3.46. The third kappa shape index (κ3) is 2.62. The first-order valence-electron chi connectivity index (χ1n) is 7.29. The van der Waals surface area contributed by atoms with Crippen LogP contribution in [0.4, 0.5) is 5.69 Å². The van der Waals surface area contributed by atoms with Crippen LogP contribution >= 0.6 is 11.6 Å². The van der Waals surface area contributed by atoms with Gasteiger partial charge in [0.05, 0.1) is 0 Å². The summed E-state index contributed by atoms with van der Waals surface area (Å²) in [5.74, 6) is 0.554. The van der Waals surface area contributed by atoms with E-state index in [0.717, 1.165) is 27.8 Å². The van der Waals surface area contributed by atoms with Crippen molar-refractivity contribution in [3.05, 3.63) is 65.4 Å². The van der Waals surface area contributed by atoms with E-state index in [1.54, 1.807) is 24.5 Å². The first-order valence-corrected chi connectivity index (χ1v) is 7.67. The number of fused-ring (bicyclic) bond motifs is 2. The molecule has 2 heterocycles. The highest BCUT2D eigenvalue weighted by molar-refractivity contribution is 6.30. The van der Waals surface area contributed by atoms with Gasteiger partial charge in [-0.1, -0.05) is 23.7 Å². The standard InChI is InChI=1S/C18H13ClN2O2/c19-13-4-5-16-12(8-13)9-17(23-16)18(22)21-15-3-1-2-11-10-20-7-6-14(11)15/h1-8,10,17H,9H2,(H,21,22). The molecule has 2 aromatic carbocycles. The van der Waals surface area contributed by atoms with E-state index in [2.05, 4.69) is 10.3 Å². The van der Waals surface area contributed by atoms with Crippen LogP contribution < -0.4 is 10.1 Å². The second-order valence-electron chi connectivity index (χ2n) is 5.45. The van der Waals surface area contributed by atoms with Crippen molar-refractivity contribution in [1.29, 1.82) is 0 Å². The largest absolute Gasteiger partial charge is 0.480 e. The van der Waals surface area contributed by atoms with E-state index < -0.39 is 6.10 Å². The number of nitrogens with one attached hydrogen (secondary N) is 1. The topological polar surface area (TPSA) is 51.2 Å². The molecule has 0 spiro atoms. The van der Waals surface area contributed by atoms with Crippen LogP contribution in [0.25, 0.3) is 10.8 Å². The number of rotatable bonds is 2. The van der Waals surface area contributed by atoms with Crippen LogP contribution in [0, 0.1) is 0 Å². The Bertz CT molecular complexity index is 905. The molecule has 1 unspecified atom stereocenters. The molecular weight excluding hydrogens is 312 g/mol. The predicted octanol–water partition coefficient (Wildman–Crippen LogP) is 3.83. The summed E-state index contributed by atoms with van der Waals surface area (Å²) in [6.45, 7) is 0. The summed E-state index contributed by atoms with van der Waals surface area (Å²) in [5, 5.41) is 5.53. The SMILES string of the molecule is O=C(Nc1cccc2cnccc12)C1Cc2cc(Cl)ccc2O1. The summed E-state index contributed by atoms with van der Waals surface area (Å²) in [4.78, 5) is 16.6. The fraction of sp³-hybridized carbons (Fsp3) is 0.111. The minimum Gasteiger partial charge on any atom is -0.480 e. The van der Waals surface area contributed by atoms with Gasteiger partial charge >= 0.3 is 0 Å². The van der Waals surface area contributed by atoms with Crippen molar-refractivity contribution >= 4 is 34.0 Å². The summed E-state index contributed by atoms with van der Waals surface area (Å²) in [5.41, 5.74) is 1.72. The highest BCUT2D eigenvalue weighted by Crippen LogP contribution is 2.32. The summed E-state index contributed by atoms with van der Waals surface area (Å²) in [6, 6.07) is 13.0. The first kappa shape index (κ1) is 14.0. The van der Waals surface area contributed by atoms with Gasteiger partial charge < -0.3 is 10.1 Å². The van der Waals surface area contributed by atoms with Crippen LogP contribution in [0.15, 0.2) is 54.9 Å². The number of amides is 1. The molecule has 4 rings (SSSR count). The Labute approximate surface area is 138 Å². The number of anilines is 1. The zero-order valence-corrected chi connectivity index (χ0v) is 12.9. The van der Waals surface area contributed by atoms with Crippen LogP contribution in [0.5, 0.6) is 5.75 Å². The molecule has 1 amide bonds. The number of halogens is 1. The van der Waals surface area contributed by atoms with Gasteiger partial charge in [0, 0.05) is 40.3 Å². The second kappa shape index (κ2) is 5.56. The van der Waals surface area contributed by atoms with Gasteiger partial charge in [-0.25, -0.2) is 0 Å². The summed E-state index contributed by atoms with van der Waals surface area (Å²) >= 11 is 5.98. The molecule has 1 aliphatic heterocycles. The smallest absolute Gasteiger partial charge is 0.265 e. The Morgan fingerprint density at radius 2 is 2.17 bits per heavy atom. The van der Waals surface area contributed by atoms with Crippen LogP contribution in [0.3, 0.4) is 0 Å². The van der Waals surface area contributed by atoms with Crippen molar-refractivity contribution in [1.82, 2.24) is 4.98 Å². The molecule has 0 aliphatic carbocycles. The van der Waals surface area contributed by atoms with Crippen LogP contribution in [0.1, 0.15) is 5.56 Å². The lowest BCUT2D eigenvalue weighted by Gasteiger charge is -2.13. The fourth-order valence-corrected chi connectivity index (χ4v) is 3.00. The molecular formula is C18H13ClN2O2. The third-order valence-electron chi connectivity index (χ3n) is 3.93. The molecule has 23 heavy (non-hydrogen) atoms. The minimum absolute atomic E-state index is 0.165. The molecule has 1 atom stereocenters. The maximum absolute atomic E-state index is 12.5. The lowest BCUT2D eigenvalue weighted by molar-refractivity contribution is -0.122. The average Bonchev–Trinajstić information content (AvgIpc) is 2.98. The maximum Gasteiger partial charge on any atom is 0.265 e. The molecule has 0 saturated carbocycles. The summed E-state index contributed by atoms with van der Waals surface area (Å²) < 4.78 is 5.72. The van der Waals surface area contributed by atoms with E-state index >= 15 is 0 Å². The number of hydrogen-bond acceptors (Lipinski definition) is 3. The molecule has 0 fully saturated rings. The van der Waals surface area contributed by atoms with Gasteiger partial charge in [-0.2, -0.15) is 0 Å². The zero-order chi connectivity index (χ0) is 15.8. The van der Waals surface area contributed by atoms with E-state index in [-0.39, 0.29) is 5.91 Å². The molecule has 114 valence electrons. The molecule has 4 nitrogen and oxygen atoms in total. The van der Waals surface area contributed by atoms with Crippen LogP contribution in [0.2, 0.25) is 5.02 Å². The van der Waals surface area contributed by atoms with Gasteiger partial charge in [-0.15, -0.1) is 0 Å². The highest BCUT2D eigenvalue weighted by Gasteiger charge is 2.29. The highest BCUT2D eigenvalue weighted by atomic mass is 35.5. The second-order valence-corrected chi connectivity index (χ2v) is 5.89. The van der Waals surface area contributed by atoms with E-state index in [1.807, 2.05) is 30.3 Å². The molecule has 3 aromatic rings. The molecule has 1 aliphatic rings. The third-order valence-corrected chi connectivity index (χ3v) is 4.16. The number of hydrogen-bond donors (Lipinski definition) is 1. The van der Waals surface area contributed by atoms with Crippen LogP contribution in [-0.2, 0) is 11.2 Å². The molecule has 1 N–H and O–H groups in total. The van der Waals surface area contributed by atoms with Gasteiger partial charge in [0.15, 0.2) is 6.10 Å². The van der Waals surface area contributed by atoms with Crippen molar-refractivity contribution in [2.24, 2.45) is 0 Å². The number of nitrogens with zero attached hydrogens (tertiary/aromatic N) is 1. The van der Waals surface area contributed by atoms with E-state index in [0.29, 0.717) is 11.4 Å². The number of benzene rings is 2. The van der Waals surface area contributed by atoms with E-state index in [9.17, 15) is 4.79 Å². The van der Waals surface area contributed by atoms with Gasteiger partial charge in [-0.3, -0.25) is 9.78 Å². The van der Waals surface area contributed by atoms with Gasteiger partial charge in [0.2, 0.25) is 0 Å². The predicted molar refractivity (Wildman–Crippen MR) is 89.9 cm³/mol. The summed E-state index contributed by atoms with van der Waals surface area (Å²) in [7, 11) is 0. The quantitative estimate of drug-likeness (QED) is 0.779. The molecule has 0 radical (unpaired) electrons. The average molecular weight is 325 g/mol. The number of carbonyl (C=O) groups is 1. The Morgan fingerprint density at radius 1 is 1.26 bits per heavy atom. The molecule has 1 aromatic heterocycles. The minimum atomic E-state index is -0.541. The van der Waals surface area contributed by atoms with Gasteiger partial charge in [-0.05, 0) is 35.9 Å². The fourth-order valence-electron chi connectivity index (χ4n) is 2.81. The van der Waals surface area contributed by atoms with Gasteiger partial charge in [0.25, 0.3) is 5.91 Å². The lowest BCUT2D eigenvalue weighted by Crippen LogP contribution is -2.31. The Kier molecular flexibility index (Phi) is 3.39. The van der Waals surface area contributed by atoms with Gasteiger partial charge in [0.1, 0.15) is 5.75 Å². The van der Waals surface area contributed by atoms with Crippen molar-refractivity contribution in [3.63, 3.8) is 0 Å². The molecule has 5 heteroatoms. The maximum atomic E-state index is 12.5. The van der Waals surface area contributed by atoms with Crippen molar-refractivity contribution in [2.45, 2.75) is 12.5 Å². The lowest BCUT2D eigenvalue weighted by atomic mass is 10.1. The van der Waals surface area contributed by atoms with Crippen LogP contribution in [-0.4, -0.2) is 17.0 Å². The van der Waals surface area contributed by atoms with Crippen molar-refractivity contribution in [2.75, 3.05) is 5.32 Å². The number of aromatic nitrogens is 1. The monoisotopic (exact) mass is 324 g/mol. The first-order chi connectivity index (χ1) is 11.2. The molecule has 0 bridgehead atoms. The number of pyridine rings is 1. The molecule has 0 saturated heterocycles. The Balaban J connectivity index is 1.57. The van der Waals surface area contributed by atoms with E-state index in [4.69, 9.17) is 16.3 Å². The Morgan fingerprint density at radius 3 is 3.09 bits per heavy atom. The normalized spacial score (nSPS) is 16.0. The Hall–Kier alpha value is -2.59. The van der Waals surface area contributed by atoms with Crippen molar-refractivity contribution in [3.8, 4) is 5.75 Å². The van der Waals surface area contributed by atoms with Crippen molar-refractivity contribution < 1.29 is 9.53 Å². The number of ether oxygens (including phenoxy) is 1. The number of carbonyl (C=O) groups excluding carboxylic acids is 1. The zero-order valence-electron chi connectivity index (χ0n) is 12.1. The van der Waals surface area contributed by atoms with E-state index in [1.165, 1.54) is 0 Å².